The molecule has 35 heavy (non-hydrogen) atoms. The normalized spacial score (nSPS) is 12.3. The Balaban J connectivity index is 1.77. The smallest absolute Gasteiger partial charge is 0.249 e. The molecule has 9 heteroatoms. The molecule has 4 rings (SSSR count). The van der Waals surface area contributed by atoms with Crippen molar-refractivity contribution in [3.8, 4) is 5.75 Å². The van der Waals surface area contributed by atoms with E-state index in [4.69, 9.17) is 4.74 Å². The Morgan fingerprint density at radius 3 is 2.49 bits per heavy atom. The van der Waals surface area contributed by atoms with Gasteiger partial charge in [0.05, 0.1) is 12.1 Å². The lowest BCUT2D eigenvalue weighted by Gasteiger charge is -2.33. The van der Waals surface area contributed by atoms with Crippen LogP contribution in [-0.4, -0.2) is 39.0 Å². The van der Waals surface area contributed by atoms with Crippen molar-refractivity contribution in [1.29, 1.82) is 0 Å². The lowest BCUT2D eigenvalue weighted by atomic mass is 10.1. The van der Waals surface area contributed by atoms with Crippen molar-refractivity contribution in [3.63, 3.8) is 0 Å². The van der Waals surface area contributed by atoms with Crippen molar-refractivity contribution in [1.82, 2.24) is 20.3 Å². The molecule has 0 saturated heterocycles. The first-order valence-corrected chi connectivity index (χ1v) is 12.3. The van der Waals surface area contributed by atoms with Crippen LogP contribution in [0.3, 0.4) is 0 Å². The van der Waals surface area contributed by atoms with Crippen LogP contribution in [0.15, 0.2) is 66.0 Å². The molecule has 0 saturated carbocycles. The van der Waals surface area contributed by atoms with Gasteiger partial charge in [0.1, 0.15) is 23.9 Å². The zero-order chi connectivity index (χ0) is 25.0. The topological polar surface area (TPSA) is 89.3 Å². The highest BCUT2D eigenvalue weighted by atomic mass is 32.1. The second-order valence-electron chi connectivity index (χ2n) is 9.08. The fourth-order valence-corrected chi connectivity index (χ4v) is 4.62. The Hall–Kier alpha value is -3.72. The van der Waals surface area contributed by atoms with Crippen LogP contribution < -0.4 is 15.0 Å². The number of anilines is 1. The Kier molecular flexibility index (Phi) is 7.16. The average Bonchev–Trinajstić information content (AvgIpc) is 3.48. The van der Waals surface area contributed by atoms with Crippen LogP contribution in [0.2, 0.25) is 0 Å². The van der Waals surface area contributed by atoms with Crippen molar-refractivity contribution < 1.29 is 14.3 Å². The van der Waals surface area contributed by atoms with E-state index in [9.17, 15) is 9.59 Å². The number of carbonyl (C=O) groups is 2. The summed E-state index contributed by atoms with van der Waals surface area (Å²) in [5.41, 5.74) is 1.57. The van der Waals surface area contributed by atoms with Crippen LogP contribution in [0, 0.1) is 0 Å². The van der Waals surface area contributed by atoms with Crippen molar-refractivity contribution in [2.75, 3.05) is 11.5 Å². The zero-order valence-corrected chi connectivity index (χ0v) is 21.1. The summed E-state index contributed by atoms with van der Waals surface area (Å²) in [6.45, 7) is 8.13. The SMILES string of the molecule is CCOc1ccc(N(C(=O)Cn2nnc3ccccc32)C(C(=O)NC(C)(C)C)c2cccs2)cc1. The van der Waals surface area contributed by atoms with Gasteiger partial charge < -0.3 is 10.1 Å². The molecule has 8 nitrogen and oxygen atoms in total. The summed E-state index contributed by atoms with van der Waals surface area (Å²) in [5, 5.41) is 13.3. The molecule has 1 unspecified atom stereocenters. The molecule has 2 heterocycles. The predicted molar refractivity (Wildman–Crippen MR) is 138 cm³/mol. The van der Waals surface area contributed by atoms with Gasteiger partial charge in [-0.3, -0.25) is 14.5 Å². The number of aromatic nitrogens is 3. The van der Waals surface area contributed by atoms with Crippen molar-refractivity contribution in [2.45, 2.75) is 45.8 Å². The Bertz CT molecular complexity index is 1290. The fraction of sp³-hybridized carbons (Fsp3) is 0.308. The van der Waals surface area contributed by atoms with E-state index in [2.05, 4.69) is 15.6 Å². The monoisotopic (exact) mass is 491 g/mol. The molecule has 0 aliphatic heterocycles. The lowest BCUT2D eigenvalue weighted by molar-refractivity contribution is -0.127. The number of carbonyl (C=O) groups excluding carboxylic acids is 2. The summed E-state index contributed by atoms with van der Waals surface area (Å²) >= 11 is 1.43. The standard InChI is InChI=1S/C26H29N5O3S/c1-5-34-19-14-12-18(13-15-19)31(23(32)17-30-21-10-7-6-9-20(21)28-29-30)24(22-11-8-16-35-22)25(33)27-26(2,3)4/h6-16,24H,5,17H2,1-4H3,(H,27,33). The van der Waals surface area contributed by atoms with E-state index >= 15 is 0 Å². The predicted octanol–water partition coefficient (Wildman–Crippen LogP) is 4.58. The summed E-state index contributed by atoms with van der Waals surface area (Å²) in [6.07, 6.45) is 0. The number of nitrogens with one attached hydrogen (secondary N) is 1. The van der Waals surface area contributed by atoms with E-state index in [0.29, 0.717) is 23.6 Å². The highest BCUT2D eigenvalue weighted by molar-refractivity contribution is 7.10. The van der Waals surface area contributed by atoms with Gasteiger partial charge in [-0.1, -0.05) is 23.4 Å². The van der Waals surface area contributed by atoms with Gasteiger partial charge in [0, 0.05) is 16.1 Å². The summed E-state index contributed by atoms with van der Waals surface area (Å²) in [5.74, 6) is 0.149. The third kappa shape index (κ3) is 5.68. The van der Waals surface area contributed by atoms with E-state index in [0.717, 1.165) is 10.4 Å². The number of hydrogen-bond donors (Lipinski definition) is 1. The van der Waals surface area contributed by atoms with Crippen LogP contribution in [0.5, 0.6) is 5.75 Å². The minimum absolute atomic E-state index is 0.0710. The molecule has 4 aromatic rings. The first kappa shape index (κ1) is 24.4. The maximum Gasteiger partial charge on any atom is 0.249 e. The minimum atomic E-state index is -0.852. The number of rotatable bonds is 8. The van der Waals surface area contributed by atoms with Crippen LogP contribution in [0.4, 0.5) is 5.69 Å². The highest BCUT2D eigenvalue weighted by Gasteiger charge is 2.35. The maximum absolute atomic E-state index is 13.9. The molecule has 0 fully saturated rings. The van der Waals surface area contributed by atoms with Crippen molar-refractivity contribution in [3.05, 3.63) is 70.9 Å². The molecule has 0 radical (unpaired) electrons. The quantitative estimate of drug-likeness (QED) is 0.390. The molecular formula is C26H29N5O3S. The zero-order valence-electron chi connectivity index (χ0n) is 20.3. The summed E-state index contributed by atoms with van der Waals surface area (Å²) < 4.78 is 7.14. The minimum Gasteiger partial charge on any atom is -0.494 e. The number of nitrogens with zero attached hydrogens (tertiary/aromatic N) is 4. The van der Waals surface area contributed by atoms with Gasteiger partial charge in [-0.15, -0.1) is 16.4 Å². The number of ether oxygens (including phenoxy) is 1. The molecule has 2 amide bonds. The van der Waals surface area contributed by atoms with Crippen LogP contribution in [0.1, 0.15) is 38.6 Å². The molecule has 2 aromatic carbocycles. The molecule has 2 aromatic heterocycles. The van der Waals surface area contributed by atoms with Crippen molar-refractivity contribution >= 4 is 39.9 Å². The molecular weight excluding hydrogens is 462 g/mol. The molecule has 1 atom stereocenters. The lowest BCUT2D eigenvalue weighted by Crippen LogP contribution is -2.50. The van der Waals surface area contributed by atoms with Gasteiger partial charge in [0.2, 0.25) is 11.8 Å². The molecule has 0 spiro atoms. The second-order valence-corrected chi connectivity index (χ2v) is 10.1. The number of para-hydroxylation sites is 1. The van der Waals surface area contributed by atoms with Crippen molar-refractivity contribution in [2.24, 2.45) is 0 Å². The Labute approximate surface area is 208 Å². The summed E-state index contributed by atoms with van der Waals surface area (Å²) in [4.78, 5) is 29.8. The Morgan fingerprint density at radius 2 is 1.83 bits per heavy atom. The Morgan fingerprint density at radius 1 is 1.09 bits per heavy atom. The van der Waals surface area contributed by atoms with Gasteiger partial charge in [0.25, 0.3) is 0 Å². The fourth-order valence-electron chi connectivity index (χ4n) is 3.80. The van der Waals surface area contributed by atoms with E-state index in [1.165, 1.54) is 11.3 Å². The van der Waals surface area contributed by atoms with E-state index in [1.807, 2.05) is 69.5 Å². The van der Waals surface area contributed by atoms with Crippen LogP contribution in [-0.2, 0) is 16.1 Å². The third-order valence-corrected chi connectivity index (χ3v) is 6.14. The number of amides is 2. The largest absolute Gasteiger partial charge is 0.494 e. The van der Waals surface area contributed by atoms with Crippen LogP contribution >= 0.6 is 11.3 Å². The first-order valence-electron chi connectivity index (χ1n) is 11.5. The molecule has 1 N–H and O–H groups in total. The molecule has 0 aliphatic carbocycles. The molecule has 0 aliphatic rings. The molecule has 0 bridgehead atoms. The van der Waals surface area contributed by atoms with E-state index in [1.54, 1.807) is 33.8 Å². The number of thiophene rings is 1. The van der Waals surface area contributed by atoms with Gasteiger partial charge >= 0.3 is 0 Å². The number of hydrogen-bond acceptors (Lipinski definition) is 6. The number of benzene rings is 2. The van der Waals surface area contributed by atoms with Gasteiger partial charge in [-0.2, -0.15) is 0 Å². The maximum atomic E-state index is 13.9. The van der Waals surface area contributed by atoms with Crippen LogP contribution in [0.25, 0.3) is 11.0 Å². The summed E-state index contributed by atoms with van der Waals surface area (Å²) in [6, 6.07) is 17.6. The average molecular weight is 492 g/mol. The second kappa shape index (κ2) is 10.3. The van der Waals surface area contributed by atoms with E-state index in [-0.39, 0.29) is 18.4 Å². The third-order valence-electron chi connectivity index (χ3n) is 5.22. The van der Waals surface area contributed by atoms with Gasteiger partial charge in [-0.25, -0.2) is 4.68 Å². The van der Waals surface area contributed by atoms with Gasteiger partial charge in [0.15, 0.2) is 0 Å². The van der Waals surface area contributed by atoms with E-state index < -0.39 is 11.6 Å². The number of fused-ring (bicyclic) bond motifs is 1. The van der Waals surface area contributed by atoms with Gasteiger partial charge in [-0.05, 0) is 75.5 Å². The molecule has 182 valence electrons. The highest BCUT2D eigenvalue weighted by Crippen LogP contribution is 2.32. The first-order chi connectivity index (χ1) is 16.8. The summed E-state index contributed by atoms with van der Waals surface area (Å²) in [7, 11) is 0.